The first-order valence-corrected chi connectivity index (χ1v) is 16.6. The highest BCUT2D eigenvalue weighted by molar-refractivity contribution is 6.39. The van der Waals surface area contributed by atoms with E-state index in [0.29, 0.717) is 56.9 Å². The van der Waals surface area contributed by atoms with E-state index < -0.39 is 7.32 Å². The van der Waals surface area contributed by atoms with Gasteiger partial charge >= 0.3 is 7.32 Å². The van der Waals surface area contributed by atoms with Gasteiger partial charge in [-0.1, -0.05) is 20.8 Å². The lowest BCUT2D eigenvalue weighted by atomic mass is 10.2. The molecule has 3 aromatic rings. The Kier molecular flexibility index (Phi) is 19.0. The molecule has 0 N–H and O–H groups in total. The fourth-order valence-corrected chi connectivity index (χ4v) is 4.04. The second kappa shape index (κ2) is 23.7. The Bertz CT molecular complexity index is 997. The van der Waals surface area contributed by atoms with E-state index in [1.165, 1.54) is 0 Å². The molecule has 0 spiro atoms. The van der Waals surface area contributed by atoms with Gasteiger partial charge in [0.05, 0.1) is 19.8 Å². The zero-order valence-electron chi connectivity index (χ0n) is 27.8. The highest BCUT2D eigenvalue weighted by atomic mass is 16.7. The Balaban J connectivity index is 1.56. The molecular formula is C36H51BO9. The molecule has 46 heavy (non-hydrogen) atoms. The fraction of sp³-hybridized carbons (Fsp3) is 0.500. The summed E-state index contributed by atoms with van der Waals surface area (Å²) in [5, 5.41) is 0. The third kappa shape index (κ3) is 16.1. The largest absolute Gasteiger partial charge is 0.864 e. The van der Waals surface area contributed by atoms with Crippen LogP contribution in [0.15, 0.2) is 72.8 Å². The lowest BCUT2D eigenvalue weighted by Crippen LogP contribution is -2.36. The lowest BCUT2D eigenvalue weighted by molar-refractivity contribution is 0.120. The van der Waals surface area contributed by atoms with Gasteiger partial charge in [0.1, 0.15) is 34.5 Å². The second-order valence-corrected chi connectivity index (χ2v) is 10.5. The third-order valence-electron chi connectivity index (χ3n) is 6.32. The van der Waals surface area contributed by atoms with E-state index in [1.54, 1.807) is 0 Å². The van der Waals surface area contributed by atoms with Crippen molar-refractivity contribution in [1.29, 1.82) is 0 Å². The van der Waals surface area contributed by atoms with Gasteiger partial charge in [0.2, 0.25) is 0 Å². The van der Waals surface area contributed by atoms with Gasteiger partial charge in [-0.05, 0) is 92.1 Å². The van der Waals surface area contributed by atoms with Gasteiger partial charge in [0.25, 0.3) is 0 Å². The first-order chi connectivity index (χ1) is 22.7. The second-order valence-electron chi connectivity index (χ2n) is 10.5. The van der Waals surface area contributed by atoms with Crippen LogP contribution in [0.5, 0.6) is 34.5 Å². The molecule has 0 bridgehead atoms. The maximum absolute atomic E-state index is 6.12. The van der Waals surface area contributed by atoms with Gasteiger partial charge < -0.3 is 42.4 Å². The van der Waals surface area contributed by atoms with Crippen molar-refractivity contribution < 1.29 is 42.4 Å². The molecule has 3 rings (SSSR count). The summed E-state index contributed by atoms with van der Waals surface area (Å²) in [7, 11) is -1.06. The van der Waals surface area contributed by atoms with Crippen molar-refractivity contribution in [2.45, 2.75) is 59.3 Å². The van der Waals surface area contributed by atoms with Crippen LogP contribution in [0.25, 0.3) is 0 Å². The van der Waals surface area contributed by atoms with Crippen LogP contribution in [-0.4, -0.2) is 66.8 Å². The zero-order valence-corrected chi connectivity index (χ0v) is 27.8. The quantitative estimate of drug-likeness (QED) is 0.0614. The molecule has 10 heteroatoms. The van der Waals surface area contributed by atoms with E-state index in [4.69, 9.17) is 42.4 Å². The molecular weight excluding hydrogens is 587 g/mol. The van der Waals surface area contributed by atoms with Crippen molar-refractivity contribution in [3.8, 4) is 34.5 Å². The van der Waals surface area contributed by atoms with E-state index in [1.807, 2.05) is 72.8 Å². The standard InChI is InChI=1S/C36H51BO9/c1-4-22-38-25-7-28-41-31-10-16-34(17-11-31)44-37(45-35-18-12-32(13-19-35)42-29-8-26-39-23-5-2)46-36-20-14-33(15-21-36)43-30-9-27-40-24-6-3/h10-21H,4-9,22-30H2,1-3H3. The number of hydrogen-bond donors (Lipinski definition) is 0. The summed E-state index contributed by atoms with van der Waals surface area (Å²) in [6, 6.07) is 22.1. The molecule has 0 amide bonds. The third-order valence-corrected chi connectivity index (χ3v) is 6.32. The van der Waals surface area contributed by atoms with Crippen LogP contribution < -0.4 is 28.2 Å². The van der Waals surface area contributed by atoms with Crippen molar-refractivity contribution >= 4 is 7.32 Å². The van der Waals surface area contributed by atoms with Gasteiger partial charge in [-0.2, -0.15) is 0 Å². The Morgan fingerprint density at radius 2 is 0.609 bits per heavy atom. The zero-order chi connectivity index (χ0) is 32.5. The van der Waals surface area contributed by atoms with Gasteiger partial charge in [-0.25, -0.2) is 0 Å². The van der Waals surface area contributed by atoms with E-state index in [9.17, 15) is 0 Å². The summed E-state index contributed by atoms with van der Waals surface area (Å²) >= 11 is 0. The average Bonchev–Trinajstić information content (AvgIpc) is 3.08. The summed E-state index contributed by atoms with van der Waals surface area (Å²) in [5.41, 5.74) is 0. The normalized spacial score (nSPS) is 10.8. The molecule has 0 saturated carbocycles. The maximum atomic E-state index is 6.12. The minimum absolute atomic E-state index is 0.569. The Morgan fingerprint density at radius 1 is 0.348 bits per heavy atom. The Hall–Kier alpha value is -3.60. The molecule has 0 aromatic heterocycles. The van der Waals surface area contributed by atoms with Crippen molar-refractivity contribution in [3.63, 3.8) is 0 Å². The predicted molar refractivity (Wildman–Crippen MR) is 181 cm³/mol. The van der Waals surface area contributed by atoms with Crippen molar-refractivity contribution in [1.82, 2.24) is 0 Å². The molecule has 3 aromatic carbocycles. The molecule has 0 aliphatic heterocycles. The Morgan fingerprint density at radius 3 is 0.870 bits per heavy atom. The van der Waals surface area contributed by atoms with Crippen LogP contribution in [0, 0.1) is 0 Å². The first-order valence-electron chi connectivity index (χ1n) is 16.6. The SMILES string of the molecule is CCCOCCCOc1ccc(OB(Oc2ccc(OCCCOCCC)cc2)Oc2ccc(OCCCOCCC)cc2)cc1. The lowest BCUT2D eigenvalue weighted by Gasteiger charge is -2.17. The summed E-state index contributed by atoms with van der Waals surface area (Å²) in [6.45, 7) is 12.4. The minimum Gasteiger partial charge on any atom is -0.494 e. The number of benzene rings is 3. The van der Waals surface area contributed by atoms with Gasteiger partial charge in [0.15, 0.2) is 0 Å². The topological polar surface area (TPSA) is 83.1 Å². The van der Waals surface area contributed by atoms with E-state index in [0.717, 1.165) is 75.6 Å². The van der Waals surface area contributed by atoms with Crippen molar-refractivity contribution in [2.75, 3.05) is 59.5 Å². The smallest absolute Gasteiger partial charge is 0.494 e. The Labute approximate surface area is 275 Å². The summed E-state index contributed by atoms with van der Waals surface area (Å²) in [6.07, 6.45) is 5.53. The molecule has 9 nitrogen and oxygen atoms in total. The van der Waals surface area contributed by atoms with E-state index in [2.05, 4.69) is 20.8 Å². The van der Waals surface area contributed by atoms with Gasteiger partial charge in [0, 0.05) is 58.9 Å². The molecule has 0 fully saturated rings. The molecule has 0 heterocycles. The van der Waals surface area contributed by atoms with Crippen LogP contribution in [0.1, 0.15) is 59.3 Å². The van der Waals surface area contributed by atoms with Gasteiger partial charge in [-0.15, -0.1) is 0 Å². The minimum atomic E-state index is -1.06. The summed E-state index contributed by atoms with van der Waals surface area (Å²) < 4.78 is 52.4. The van der Waals surface area contributed by atoms with Crippen LogP contribution >= 0.6 is 0 Å². The molecule has 0 saturated heterocycles. The molecule has 0 unspecified atom stereocenters. The van der Waals surface area contributed by atoms with Crippen LogP contribution in [-0.2, 0) is 14.2 Å². The van der Waals surface area contributed by atoms with E-state index in [-0.39, 0.29) is 0 Å². The monoisotopic (exact) mass is 638 g/mol. The highest BCUT2D eigenvalue weighted by Crippen LogP contribution is 2.24. The molecule has 252 valence electrons. The van der Waals surface area contributed by atoms with Crippen LogP contribution in [0.2, 0.25) is 0 Å². The first kappa shape index (κ1) is 36.9. The highest BCUT2D eigenvalue weighted by Gasteiger charge is 2.30. The number of rotatable bonds is 27. The van der Waals surface area contributed by atoms with Crippen LogP contribution in [0.4, 0.5) is 0 Å². The summed E-state index contributed by atoms with van der Waals surface area (Å²) in [5.74, 6) is 3.96. The number of hydrogen-bond acceptors (Lipinski definition) is 9. The molecule has 0 aliphatic rings. The molecule has 0 radical (unpaired) electrons. The maximum Gasteiger partial charge on any atom is 0.864 e. The average molecular weight is 639 g/mol. The van der Waals surface area contributed by atoms with Crippen molar-refractivity contribution in [2.24, 2.45) is 0 Å². The fourth-order valence-electron chi connectivity index (χ4n) is 4.04. The van der Waals surface area contributed by atoms with Crippen LogP contribution in [0.3, 0.4) is 0 Å². The van der Waals surface area contributed by atoms with Gasteiger partial charge in [-0.3, -0.25) is 0 Å². The molecule has 0 aliphatic carbocycles. The molecule has 0 atom stereocenters. The van der Waals surface area contributed by atoms with E-state index >= 15 is 0 Å². The van der Waals surface area contributed by atoms with Crippen molar-refractivity contribution in [3.05, 3.63) is 72.8 Å². The number of ether oxygens (including phenoxy) is 6. The predicted octanol–water partition coefficient (Wildman–Crippen LogP) is 7.79. The summed E-state index contributed by atoms with van der Waals surface area (Å²) in [4.78, 5) is 0.